The number of aromatic nitrogens is 3. The molecule has 3 nitrogen and oxygen atoms in total. The number of hydrogen-bond acceptors (Lipinski definition) is 2. The molecule has 3 rings (SSSR count). The molecule has 2 aromatic heterocycles. The summed E-state index contributed by atoms with van der Waals surface area (Å²) < 4.78 is 65.9. The minimum Gasteiger partial charge on any atom is -0.295 e. The summed E-state index contributed by atoms with van der Waals surface area (Å²) in [7, 11) is 0. The smallest absolute Gasteiger partial charge is 0.295 e. The number of hydrogen-bond donors (Lipinski definition) is 0. The zero-order valence-electron chi connectivity index (χ0n) is 11.8. The Bertz CT molecular complexity index is 844. The first kappa shape index (κ1) is 15.4. The summed E-state index contributed by atoms with van der Waals surface area (Å²) in [6, 6.07) is 4.34. The third kappa shape index (κ3) is 2.88. The Hall–Kier alpha value is -2.51. The predicted octanol–water partition coefficient (Wildman–Crippen LogP) is 4.53. The minimum atomic E-state index is -4.43. The second kappa shape index (κ2) is 5.00. The lowest BCUT2D eigenvalue weighted by atomic mass is 10.1. The molecule has 0 amide bonds. The molecule has 3 aromatic rings. The predicted molar refractivity (Wildman–Crippen MR) is 73.0 cm³/mol. The number of halogens is 5. The number of alkyl halides is 5. The fourth-order valence-electron chi connectivity index (χ4n) is 2.19. The highest BCUT2D eigenvalue weighted by Crippen LogP contribution is 2.31. The number of imidazole rings is 1. The van der Waals surface area contributed by atoms with Crippen molar-refractivity contribution < 1.29 is 22.0 Å². The van der Waals surface area contributed by atoms with Crippen LogP contribution in [-0.4, -0.2) is 14.4 Å². The van der Waals surface area contributed by atoms with E-state index >= 15 is 0 Å². The number of nitrogens with zero attached hydrogens (tertiary/aromatic N) is 3. The molecule has 0 aliphatic rings. The van der Waals surface area contributed by atoms with Crippen LogP contribution in [0, 0.1) is 0 Å². The van der Waals surface area contributed by atoms with E-state index in [0.717, 1.165) is 25.3 Å². The second-order valence-corrected chi connectivity index (χ2v) is 5.11. The van der Waals surface area contributed by atoms with E-state index in [1.807, 2.05) is 0 Å². The van der Waals surface area contributed by atoms with Gasteiger partial charge in [0.1, 0.15) is 5.69 Å². The summed E-state index contributed by atoms with van der Waals surface area (Å²) in [5.74, 6) is -3.10. The van der Waals surface area contributed by atoms with Crippen LogP contribution in [0.4, 0.5) is 22.0 Å². The normalized spacial score (nSPS) is 12.8. The van der Waals surface area contributed by atoms with Crippen LogP contribution >= 0.6 is 0 Å². The van der Waals surface area contributed by atoms with Crippen LogP contribution in [0.15, 0.2) is 42.9 Å². The van der Waals surface area contributed by atoms with Crippen LogP contribution in [-0.2, 0) is 12.1 Å². The van der Waals surface area contributed by atoms with Crippen molar-refractivity contribution in [1.29, 1.82) is 0 Å². The Balaban J connectivity index is 2.07. The Labute approximate surface area is 127 Å². The molecule has 0 saturated heterocycles. The molecule has 120 valence electrons. The topological polar surface area (TPSA) is 30.2 Å². The van der Waals surface area contributed by atoms with Gasteiger partial charge in [-0.05, 0) is 12.1 Å². The van der Waals surface area contributed by atoms with Crippen LogP contribution in [0.2, 0.25) is 0 Å². The van der Waals surface area contributed by atoms with Crippen LogP contribution in [0.3, 0.4) is 0 Å². The van der Waals surface area contributed by atoms with Crippen molar-refractivity contribution >= 4 is 5.65 Å². The van der Waals surface area contributed by atoms with E-state index in [1.165, 1.54) is 28.9 Å². The van der Waals surface area contributed by atoms with Gasteiger partial charge in [-0.3, -0.25) is 9.38 Å². The highest BCUT2D eigenvalue weighted by atomic mass is 19.4. The maximum absolute atomic E-state index is 13.5. The molecular formula is C15H10F5N3. The Morgan fingerprint density at radius 1 is 0.913 bits per heavy atom. The lowest BCUT2D eigenvalue weighted by Crippen LogP contribution is -2.10. The van der Waals surface area contributed by atoms with E-state index < -0.39 is 17.7 Å². The van der Waals surface area contributed by atoms with Crippen LogP contribution in [0.25, 0.3) is 16.9 Å². The van der Waals surface area contributed by atoms with Gasteiger partial charge < -0.3 is 0 Å². The van der Waals surface area contributed by atoms with Crippen LogP contribution in [0.1, 0.15) is 18.2 Å². The molecule has 0 saturated carbocycles. The van der Waals surface area contributed by atoms with Gasteiger partial charge in [-0.2, -0.15) is 22.0 Å². The summed E-state index contributed by atoms with van der Waals surface area (Å²) in [6.45, 7) is 0.745. The van der Waals surface area contributed by atoms with Crippen LogP contribution < -0.4 is 0 Å². The van der Waals surface area contributed by atoms with Gasteiger partial charge >= 0.3 is 6.18 Å². The standard InChI is InChI=1S/C15H10F5N3/c1-14(16,17)12-6-22-13-7-21-11(8-23(12)13)9-2-4-10(5-3-9)15(18,19)20/h2-8H,1H3. The maximum atomic E-state index is 13.5. The summed E-state index contributed by atoms with van der Waals surface area (Å²) in [5, 5.41) is 0. The lowest BCUT2D eigenvalue weighted by Gasteiger charge is -2.11. The zero-order valence-corrected chi connectivity index (χ0v) is 11.8. The molecule has 0 atom stereocenters. The molecule has 1 aromatic carbocycles. The fourth-order valence-corrected chi connectivity index (χ4v) is 2.19. The molecule has 0 fully saturated rings. The van der Waals surface area contributed by atoms with Crippen LogP contribution in [0.5, 0.6) is 0 Å². The third-order valence-electron chi connectivity index (χ3n) is 3.35. The molecule has 0 spiro atoms. The van der Waals surface area contributed by atoms with Gasteiger partial charge in [-0.15, -0.1) is 0 Å². The Morgan fingerprint density at radius 3 is 2.13 bits per heavy atom. The van der Waals surface area contributed by atoms with Crippen molar-refractivity contribution in [1.82, 2.24) is 14.4 Å². The number of benzene rings is 1. The molecule has 0 N–H and O–H groups in total. The SMILES string of the molecule is CC(F)(F)c1cnc2cnc(-c3ccc(C(F)(F)F)cc3)cn12. The molecule has 0 unspecified atom stereocenters. The Kier molecular flexibility index (Phi) is 3.35. The molecular weight excluding hydrogens is 317 g/mol. The average molecular weight is 327 g/mol. The van der Waals surface area contributed by atoms with E-state index in [9.17, 15) is 22.0 Å². The molecule has 2 heterocycles. The molecule has 23 heavy (non-hydrogen) atoms. The summed E-state index contributed by atoms with van der Waals surface area (Å²) in [6.07, 6.45) is -0.759. The molecule has 0 aliphatic carbocycles. The zero-order chi connectivity index (χ0) is 16.8. The van der Waals surface area contributed by atoms with Crippen molar-refractivity contribution in [2.75, 3.05) is 0 Å². The highest BCUT2D eigenvalue weighted by molar-refractivity contribution is 5.60. The van der Waals surface area contributed by atoms with Gasteiger partial charge in [-0.1, -0.05) is 12.1 Å². The molecule has 8 heteroatoms. The van der Waals surface area contributed by atoms with E-state index in [4.69, 9.17) is 0 Å². The monoisotopic (exact) mass is 327 g/mol. The van der Waals surface area contributed by atoms with E-state index in [-0.39, 0.29) is 17.0 Å². The largest absolute Gasteiger partial charge is 0.416 e. The summed E-state index contributed by atoms with van der Waals surface area (Å²) in [5.41, 5.74) is -0.209. The number of rotatable bonds is 2. The summed E-state index contributed by atoms with van der Waals surface area (Å²) >= 11 is 0. The quantitative estimate of drug-likeness (QED) is 0.648. The van der Waals surface area contributed by atoms with Crippen molar-refractivity contribution in [3.8, 4) is 11.3 Å². The first-order chi connectivity index (χ1) is 10.7. The lowest BCUT2D eigenvalue weighted by molar-refractivity contribution is -0.137. The van der Waals surface area contributed by atoms with Gasteiger partial charge in [-0.25, -0.2) is 4.98 Å². The Morgan fingerprint density at radius 2 is 1.57 bits per heavy atom. The van der Waals surface area contributed by atoms with Gasteiger partial charge in [0, 0.05) is 18.7 Å². The van der Waals surface area contributed by atoms with Crippen molar-refractivity contribution in [3.63, 3.8) is 0 Å². The van der Waals surface area contributed by atoms with Crippen molar-refractivity contribution in [2.24, 2.45) is 0 Å². The first-order valence-electron chi connectivity index (χ1n) is 6.55. The fraction of sp³-hybridized carbons (Fsp3) is 0.200. The highest BCUT2D eigenvalue weighted by Gasteiger charge is 2.30. The van der Waals surface area contributed by atoms with Gasteiger partial charge in [0.25, 0.3) is 5.92 Å². The van der Waals surface area contributed by atoms with E-state index in [1.54, 1.807) is 0 Å². The third-order valence-corrected chi connectivity index (χ3v) is 3.35. The van der Waals surface area contributed by atoms with Gasteiger partial charge in [0.05, 0.1) is 23.7 Å². The van der Waals surface area contributed by atoms with E-state index in [2.05, 4.69) is 9.97 Å². The average Bonchev–Trinajstić information content (AvgIpc) is 2.89. The summed E-state index contributed by atoms with van der Waals surface area (Å²) in [4.78, 5) is 7.89. The van der Waals surface area contributed by atoms with Gasteiger partial charge in [0.15, 0.2) is 5.65 Å². The molecule has 0 radical (unpaired) electrons. The maximum Gasteiger partial charge on any atom is 0.416 e. The second-order valence-electron chi connectivity index (χ2n) is 5.11. The number of fused-ring (bicyclic) bond motifs is 1. The van der Waals surface area contributed by atoms with Crippen molar-refractivity contribution in [2.45, 2.75) is 19.0 Å². The molecule has 0 aliphatic heterocycles. The van der Waals surface area contributed by atoms with E-state index in [0.29, 0.717) is 5.56 Å². The minimum absolute atomic E-state index is 0.234. The first-order valence-corrected chi connectivity index (χ1v) is 6.55. The van der Waals surface area contributed by atoms with Gasteiger partial charge in [0.2, 0.25) is 0 Å². The van der Waals surface area contributed by atoms with Crippen molar-refractivity contribution in [3.05, 3.63) is 54.1 Å². The molecule has 0 bridgehead atoms.